The fourth-order valence-electron chi connectivity index (χ4n) is 2.78. The van der Waals surface area contributed by atoms with Crippen LogP contribution in [0.25, 0.3) is 5.69 Å². The molecule has 2 heterocycles. The zero-order chi connectivity index (χ0) is 18.1. The lowest BCUT2D eigenvalue weighted by Crippen LogP contribution is -2.23. The highest BCUT2D eigenvalue weighted by atomic mass is 32.2. The van der Waals surface area contributed by atoms with E-state index in [0.717, 1.165) is 23.4 Å². The van der Waals surface area contributed by atoms with Gasteiger partial charge in [-0.25, -0.2) is 13.8 Å². The van der Waals surface area contributed by atoms with E-state index < -0.39 is 0 Å². The Hall–Kier alpha value is -2.12. The summed E-state index contributed by atoms with van der Waals surface area (Å²) in [4.78, 5) is 18.3. The normalized spacial score (nSPS) is 13.0. The third-order valence-corrected chi connectivity index (χ3v) is 6.13. The van der Waals surface area contributed by atoms with E-state index in [2.05, 4.69) is 4.98 Å². The minimum atomic E-state index is -0.362. The largest absolute Gasteiger partial charge is 0.272 e. The van der Waals surface area contributed by atoms with E-state index in [0.29, 0.717) is 21.5 Å². The lowest BCUT2D eigenvalue weighted by Gasteiger charge is -2.13. The SMILES string of the molecule is O=c1c2c(nc(SCc3cccc(F)c3)n1-c1ccc(F)cc1)CCS2. The molecule has 0 amide bonds. The van der Waals surface area contributed by atoms with Crippen LogP contribution < -0.4 is 5.56 Å². The number of thioether (sulfide) groups is 2. The smallest absolute Gasteiger partial charge is 0.268 e. The minimum Gasteiger partial charge on any atom is -0.268 e. The van der Waals surface area contributed by atoms with Gasteiger partial charge in [0.1, 0.15) is 11.6 Å². The molecule has 0 N–H and O–H groups in total. The fourth-order valence-corrected chi connectivity index (χ4v) is 4.78. The summed E-state index contributed by atoms with van der Waals surface area (Å²) >= 11 is 2.87. The van der Waals surface area contributed by atoms with E-state index in [9.17, 15) is 13.6 Å². The molecular weight excluding hydrogens is 374 g/mol. The monoisotopic (exact) mass is 388 g/mol. The number of fused-ring (bicyclic) bond motifs is 1. The summed E-state index contributed by atoms with van der Waals surface area (Å²) in [5, 5.41) is 0.534. The summed E-state index contributed by atoms with van der Waals surface area (Å²) in [6.07, 6.45) is 0.757. The highest BCUT2D eigenvalue weighted by Crippen LogP contribution is 2.31. The number of nitrogens with zero attached hydrogens (tertiary/aromatic N) is 2. The van der Waals surface area contributed by atoms with Crippen molar-refractivity contribution >= 4 is 23.5 Å². The average Bonchev–Trinajstić information content (AvgIpc) is 3.10. The molecular formula is C19H14F2N2OS2. The Morgan fingerprint density at radius 1 is 1.12 bits per heavy atom. The molecule has 4 rings (SSSR count). The quantitative estimate of drug-likeness (QED) is 0.489. The lowest BCUT2D eigenvalue weighted by atomic mass is 10.2. The summed E-state index contributed by atoms with van der Waals surface area (Å²) < 4.78 is 28.2. The third-order valence-electron chi connectivity index (χ3n) is 4.01. The maximum Gasteiger partial charge on any atom is 0.272 e. The second-order valence-electron chi connectivity index (χ2n) is 5.80. The van der Waals surface area contributed by atoms with Crippen molar-refractivity contribution in [3.63, 3.8) is 0 Å². The summed E-state index contributed by atoms with van der Waals surface area (Å²) in [5.74, 6) is 0.660. The standard InChI is InChI=1S/C19H14F2N2OS2/c20-13-4-6-15(7-5-13)23-18(24)17-16(8-9-25-17)22-19(23)26-11-12-2-1-3-14(21)10-12/h1-7,10H,8-9,11H2. The van der Waals surface area contributed by atoms with Crippen molar-refractivity contribution in [2.75, 3.05) is 5.75 Å². The van der Waals surface area contributed by atoms with Crippen molar-refractivity contribution < 1.29 is 8.78 Å². The van der Waals surface area contributed by atoms with Crippen molar-refractivity contribution in [2.24, 2.45) is 0 Å². The molecule has 1 aromatic heterocycles. The molecule has 0 saturated carbocycles. The van der Waals surface area contributed by atoms with Crippen LogP contribution in [0, 0.1) is 11.6 Å². The van der Waals surface area contributed by atoms with Crippen molar-refractivity contribution in [2.45, 2.75) is 22.2 Å². The van der Waals surface area contributed by atoms with Gasteiger partial charge in [0.25, 0.3) is 5.56 Å². The van der Waals surface area contributed by atoms with Crippen LogP contribution in [0.5, 0.6) is 0 Å². The van der Waals surface area contributed by atoms with Gasteiger partial charge in [-0.2, -0.15) is 0 Å². The molecule has 0 fully saturated rings. The second kappa shape index (κ2) is 7.25. The molecule has 1 aliphatic rings. The van der Waals surface area contributed by atoms with Gasteiger partial charge >= 0.3 is 0 Å². The molecule has 3 nitrogen and oxygen atoms in total. The molecule has 7 heteroatoms. The van der Waals surface area contributed by atoms with Gasteiger partial charge in [0.2, 0.25) is 0 Å². The Kier molecular flexibility index (Phi) is 4.82. The van der Waals surface area contributed by atoms with Crippen molar-refractivity contribution in [3.05, 3.63) is 81.8 Å². The summed E-state index contributed by atoms with van der Waals surface area (Å²) in [7, 11) is 0. The first-order chi connectivity index (χ1) is 12.6. The first kappa shape index (κ1) is 17.3. The zero-order valence-electron chi connectivity index (χ0n) is 13.6. The molecule has 0 bridgehead atoms. The fraction of sp³-hybridized carbons (Fsp3) is 0.158. The maximum absolute atomic E-state index is 13.4. The van der Waals surface area contributed by atoms with Crippen LogP contribution in [0.3, 0.4) is 0 Å². The highest BCUT2D eigenvalue weighted by Gasteiger charge is 2.22. The molecule has 26 heavy (non-hydrogen) atoms. The Labute approximate surface area is 157 Å². The van der Waals surface area contributed by atoms with Gasteiger partial charge in [0.15, 0.2) is 5.16 Å². The predicted molar refractivity (Wildman–Crippen MR) is 100 cm³/mol. The van der Waals surface area contributed by atoms with Gasteiger partial charge in [0, 0.05) is 17.9 Å². The minimum absolute atomic E-state index is 0.133. The predicted octanol–water partition coefficient (Wildman–Crippen LogP) is 4.45. The molecule has 0 saturated heterocycles. The Morgan fingerprint density at radius 3 is 2.69 bits per heavy atom. The molecule has 0 radical (unpaired) electrons. The molecule has 1 aliphatic heterocycles. The summed E-state index contributed by atoms with van der Waals surface area (Å²) in [5.41, 5.74) is 2.05. The van der Waals surface area contributed by atoms with Gasteiger partial charge in [-0.05, 0) is 42.0 Å². The van der Waals surface area contributed by atoms with Crippen LogP contribution in [0.15, 0.2) is 63.4 Å². The van der Waals surface area contributed by atoms with Gasteiger partial charge < -0.3 is 0 Å². The second-order valence-corrected chi connectivity index (χ2v) is 7.85. The molecule has 0 aliphatic carbocycles. The number of benzene rings is 2. The van der Waals surface area contributed by atoms with Crippen LogP contribution >= 0.6 is 23.5 Å². The van der Waals surface area contributed by atoms with Crippen LogP contribution in [-0.2, 0) is 12.2 Å². The van der Waals surface area contributed by atoms with E-state index in [4.69, 9.17) is 0 Å². The Bertz CT molecular complexity index is 1020. The molecule has 0 atom stereocenters. The van der Waals surface area contributed by atoms with E-state index >= 15 is 0 Å². The molecule has 0 unspecified atom stereocenters. The first-order valence-corrected chi connectivity index (χ1v) is 10.0. The molecule has 132 valence electrons. The third kappa shape index (κ3) is 3.41. The number of hydrogen-bond donors (Lipinski definition) is 0. The summed E-state index contributed by atoms with van der Waals surface area (Å²) in [6.45, 7) is 0. The van der Waals surface area contributed by atoms with Crippen molar-refractivity contribution in [3.8, 4) is 5.69 Å². The first-order valence-electron chi connectivity index (χ1n) is 8.04. The molecule has 0 spiro atoms. The number of aromatic nitrogens is 2. The molecule has 3 aromatic rings. The van der Waals surface area contributed by atoms with Crippen LogP contribution in [0.1, 0.15) is 11.3 Å². The average molecular weight is 388 g/mol. The van der Waals surface area contributed by atoms with Crippen molar-refractivity contribution in [1.82, 2.24) is 9.55 Å². The van der Waals surface area contributed by atoms with Gasteiger partial charge in [0.05, 0.1) is 16.3 Å². The number of hydrogen-bond acceptors (Lipinski definition) is 4. The topological polar surface area (TPSA) is 34.9 Å². The van der Waals surface area contributed by atoms with E-state index in [-0.39, 0.29) is 17.2 Å². The van der Waals surface area contributed by atoms with Crippen LogP contribution in [0.2, 0.25) is 0 Å². The van der Waals surface area contributed by atoms with E-state index in [1.165, 1.54) is 52.4 Å². The Balaban J connectivity index is 1.76. The van der Waals surface area contributed by atoms with Crippen molar-refractivity contribution in [1.29, 1.82) is 0 Å². The number of aryl methyl sites for hydroxylation is 1. The maximum atomic E-state index is 13.4. The Morgan fingerprint density at radius 2 is 1.92 bits per heavy atom. The number of rotatable bonds is 4. The molecule has 2 aromatic carbocycles. The number of halogens is 2. The van der Waals surface area contributed by atoms with Crippen LogP contribution in [-0.4, -0.2) is 15.3 Å². The van der Waals surface area contributed by atoms with E-state index in [1.807, 2.05) is 6.07 Å². The van der Waals surface area contributed by atoms with Gasteiger partial charge in [-0.1, -0.05) is 23.9 Å². The highest BCUT2D eigenvalue weighted by molar-refractivity contribution is 7.99. The zero-order valence-corrected chi connectivity index (χ0v) is 15.2. The van der Waals surface area contributed by atoms with Gasteiger partial charge in [-0.3, -0.25) is 9.36 Å². The van der Waals surface area contributed by atoms with Crippen LogP contribution in [0.4, 0.5) is 8.78 Å². The lowest BCUT2D eigenvalue weighted by molar-refractivity contribution is 0.626. The van der Waals surface area contributed by atoms with E-state index in [1.54, 1.807) is 18.2 Å². The van der Waals surface area contributed by atoms with Gasteiger partial charge in [-0.15, -0.1) is 11.8 Å². The summed E-state index contributed by atoms with van der Waals surface area (Å²) in [6, 6.07) is 12.1.